The number of nitrogens with one attached hydrogen (secondary N) is 1. The van der Waals surface area contributed by atoms with E-state index in [1.165, 1.54) is 5.32 Å². The highest BCUT2D eigenvalue weighted by atomic mass is 28.3. The molecule has 4 nitrogen and oxygen atoms in total. The fraction of sp³-hybridized carbons (Fsp3) is 0.357. The number of aromatic nitrogens is 1. The summed E-state index contributed by atoms with van der Waals surface area (Å²) in [5.41, 5.74) is 7.85. The number of para-hydroxylation sites is 1. The predicted octanol–water partition coefficient (Wildman–Crippen LogP) is 1.67. The van der Waals surface area contributed by atoms with Gasteiger partial charge in [-0.3, -0.25) is 4.79 Å². The van der Waals surface area contributed by atoms with E-state index in [2.05, 4.69) is 24.6 Å². The summed E-state index contributed by atoms with van der Waals surface area (Å²) < 4.78 is 0. The number of hydrogen-bond acceptors (Lipinski definition) is 2. The molecule has 0 aliphatic carbocycles. The minimum absolute atomic E-state index is 0.374. The van der Waals surface area contributed by atoms with Gasteiger partial charge in [0.15, 0.2) is 0 Å². The number of hydrogen-bond donors (Lipinski definition) is 3. The molecule has 102 valence electrons. The van der Waals surface area contributed by atoms with E-state index in [-0.39, 0.29) is 0 Å². The van der Waals surface area contributed by atoms with Gasteiger partial charge in [0.1, 0.15) is 6.04 Å². The zero-order valence-electron chi connectivity index (χ0n) is 11.5. The van der Waals surface area contributed by atoms with Crippen LogP contribution in [0, 0.1) is 0 Å². The van der Waals surface area contributed by atoms with Crippen LogP contribution in [0.2, 0.25) is 19.6 Å². The van der Waals surface area contributed by atoms with Crippen LogP contribution in [-0.4, -0.2) is 30.2 Å². The van der Waals surface area contributed by atoms with Crippen molar-refractivity contribution in [1.82, 2.24) is 4.98 Å². The number of nitrogens with two attached hydrogens (primary N) is 1. The van der Waals surface area contributed by atoms with Crippen LogP contribution < -0.4 is 11.1 Å². The van der Waals surface area contributed by atoms with Crippen molar-refractivity contribution in [3.8, 4) is 0 Å². The highest BCUT2D eigenvalue weighted by molar-refractivity contribution is 6.88. The Morgan fingerprint density at radius 2 is 2.00 bits per heavy atom. The molecule has 0 spiro atoms. The second-order valence-electron chi connectivity index (χ2n) is 5.92. The first-order valence-corrected chi connectivity index (χ1v) is 9.89. The third-order valence-electron chi connectivity index (χ3n) is 3.30. The Balaban J connectivity index is 2.58. The molecule has 2 rings (SSSR count). The summed E-state index contributed by atoms with van der Waals surface area (Å²) >= 11 is 0. The average Bonchev–Trinajstić information content (AvgIpc) is 2.68. The third kappa shape index (κ3) is 2.72. The molecule has 0 fully saturated rings. The first-order chi connectivity index (χ1) is 8.80. The predicted molar refractivity (Wildman–Crippen MR) is 80.6 cm³/mol. The molecule has 0 unspecified atom stereocenters. The summed E-state index contributed by atoms with van der Waals surface area (Å²) in [6.07, 6.45) is 0.374. The van der Waals surface area contributed by atoms with Crippen LogP contribution in [0.25, 0.3) is 10.9 Å². The van der Waals surface area contributed by atoms with Crippen LogP contribution in [0.15, 0.2) is 24.3 Å². The first-order valence-electron chi connectivity index (χ1n) is 6.39. The minimum Gasteiger partial charge on any atom is -0.480 e. The second kappa shape index (κ2) is 4.83. The number of aliphatic carboxylic acids is 1. The second-order valence-corrected chi connectivity index (χ2v) is 10.9. The van der Waals surface area contributed by atoms with Gasteiger partial charge in [0, 0.05) is 22.6 Å². The standard InChI is InChI=1S/C14H20N2O2Si/c1-19(2,3)13-10(8-11(15)14(17)18)9-6-4-5-7-12(9)16-13/h4-7,11,16H,8,15H2,1-3H3,(H,17,18)/t11-/m0/s1. The molecule has 1 heterocycles. The van der Waals surface area contributed by atoms with Crippen LogP contribution in [0.1, 0.15) is 5.56 Å². The summed E-state index contributed by atoms with van der Waals surface area (Å²) in [5.74, 6) is -0.952. The summed E-state index contributed by atoms with van der Waals surface area (Å²) in [4.78, 5) is 14.5. The molecule has 0 bridgehead atoms. The number of carboxylic acids is 1. The number of rotatable bonds is 4. The lowest BCUT2D eigenvalue weighted by molar-refractivity contribution is -0.138. The Kier molecular flexibility index (Phi) is 3.51. The molecule has 4 N–H and O–H groups in total. The number of carboxylic acid groups (broad SMARTS) is 1. The fourth-order valence-electron chi connectivity index (χ4n) is 2.36. The van der Waals surface area contributed by atoms with Gasteiger partial charge in [0.2, 0.25) is 0 Å². The SMILES string of the molecule is C[Si](C)(C)c1[nH]c2ccccc2c1C[C@H](N)C(=O)O. The van der Waals surface area contributed by atoms with Crippen molar-refractivity contribution in [2.24, 2.45) is 5.73 Å². The van der Waals surface area contributed by atoms with Gasteiger partial charge in [-0.05, 0) is 11.6 Å². The molecule has 0 aliphatic rings. The van der Waals surface area contributed by atoms with Crippen molar-refractivity contribution in [3.05, 3.63) is 29.8 Å². The smallest absolute Gasteiger partial charge is 0.320 e. The highest BCUT2D eigenvalue weighted by Gasteiger charge is 2.26. The third-order valence-corrected chi connectivity index (χ3v) is 5.23. The lowest BCUT2D eigenvalue weighted by atomic mass is 10.1. The van der Waals surface area contributed by atoms with E-state index in [0.29, 0.717) is 6.42 Å². The van der Waals surface area contributed by atoms with E-state index in [1.807, 2.05) is 24.3 Å². The van der Waals surface area contributed by atoms with Gasteiger partial charge in [0.25, 0.3) is 0 Å². The largest absolute Gasteiger partial charge is 0.480 e. The molecule has 5 heteroatoms. The topological polar surface area (TPSA) is 79.1 Å². The number of aromatic amines is 1. The van der Waals surface area contributed by atoms with Crippen LogP contribution in [-0.2, 0) is 11.2 Å². The molecule has 1 aromatic heterocycles. The molecule has 1 atom stereocenters. The summed E-state index contributed by atoms with van der Waals surface area (Å²) in [6, 6.07) is 7.15. The highest BCUT2D eigenvalue weighted by Crippen LogP contribution is 2.20. The Labute approximate surface area is 113 Å². The maximum absolute atomic E-state index is 11.0. The maximum atomic E-state index is 11.0. The van der Waals surface area contributed by atoms with Gasteiger partial charge in [-0.1, -0.05) is 37.8 Å². The Morgan fingerprint density at radius 3 is 2.58 bits per heavy atom. The minimum atomic E-state index is -1.57. The maximum Gasteiger partial charge on any atom is 0.320 e. The first kappa shape index (κ1) is 13.8. The van der Waals surface area contributed by atoms with Gasteiger partial charge >= 0.3 is 5.97 Å². The number of carbonyl (C=O) groups is 1. The normalized spacial score (nSPS) is 13.7. The van der Waals surface area contributed by atoms with Crippen molar-refractivity contribution in [2.45, 2.75) is 32.1 Å². The lowest BCUT2D eigenvalue weighted by Gasteiger charge is -2.18. The van der Waals surface area contributed by atoms with Crippen LogP contribution in [0.4, 0.5) is 0 Å². The van der Waals surface area contributed by atoms with Gasteiger partial charge in [-0.2, -0.15) is 0 Å². The van der Waals surface area contributed by atoms with Crippen LogP contribution in [0.5, 0.6) is 0 Å². The van der Waals surface area contributed by atoms with E-state index in [1.54, 1.807) is 0 Å². The molecule has 0 amide bonds. The number of H-pyrrole nitrogens is 1. The average molecular weight is 276 g/mol. The zero-order valence-corrected chi connectivity index (χ0v) is 12.5. The fourth-order valence-corrected chi connectivity index (χ4v) is 4.01. The van der Waals surface area contributed by atoms with Gasteiger partial charge in [-0.25, -0.2) is 0 Å². The van der Waals surface area contributed by atoms with Crippen LogP contribution >= 0.6 is 0 Å². The van der Waals surface area contributed by atoms with Crippen molar-refractivity contribution in [2.75, 3.05) is 0 Å². The van der Waals surface area contributed by atoms with E-state index in [0.717, 1.165) is 16.5 Å². The van der Waals surface area contributed by atoms with E-state index in [4.69, 9.17) is 10.8 Å². The Hall–Kier alpha value is -1.59. The van der Waals surface area contributed by atoms with Crippen LogP contribution in [0.3, 0.4) is 0 Å². The summed E-state index contributed by atoms with van der Waals surface area (Å²) in [7, 11) is -1.57. The molecule has 0 saturated carbocycles. The molecular weight excluding hydrogens is 256 g/mol. The zero-order chi connectivity index (χ0) is 14.2. The Bertz CT molecular complexity index is 613. The molecule has 0 aliphatic heterocycles. The van der Waals surface area contributed by atoms with Crippen molar-refractivity contribution in [3.63, 3.8) is 0 Å². The molecular formula is C14H20N2O2Si. The van der Waals surface area contributed by atoms with Crippen molar-refractivity contribution < 1.29 is 9.90 Å². The summed E-state index contributed by atoms with van der Waals surface area (Å²) in [5, 5.41) is 11.3. The van der Waals surface area contributed by atoms with Gasteiger partial charge in [0.05, 0.1) is 8.07 Å². The molecule has 0 radical (unpaired) electrons. The Morgan fingerprint density at radius 1 is 1.37 bits per heavy atom. The monoisotopic (exact) mass is 276 g/mol. The van der Waals surface area contributed by atoms with E-state index < -0.39 is 20.1 Å². The molecule has 0 saturated heterocycles. The number of fused-ring (bicyclic) bond motifs is 1. The molecule has 2 aromatic rings. The van der Waals surface area contributed by atoms with E-state index in [9.17, 15) is 4.79 Å². The lowest BCUT2D eigenvalue weighted by Crippen LogP contribution is -2.43. The molecule has 1 aromatic carbocycles. The van der Waals surface area contributed by atoms with Crippen molar-refractivity contribution >= 4 is 30.3 Å². The van der Waals surface area contributed by atoms with Crippen molar-refractivity contribution in [1.29, 1.82) is 0 Å². The van der Waals surface area contributed by atoms with Gasteiger partial charge in [-0.15, -0.1) is 0 Å². The quantitative estimate of drug-likeness (QED) is 0.743. The summed E-state index contributed by atoms with van der Waals surface area (Å²) in [6.45, 7) is 6.73. The number of benzene rings is 1. The van der Waals surface area contributed by atoms with E-state index >= 15 is 0 Å². The van der Waals surface area contributed by atoms with Gasteiger partial charge < -0.3 is 15.8 Å². The molecule has 19 heavy (non-hydrogen) atoms.